The molecule has 0 fully saturated rings. The van der Waals surface area contributed by atoms with E-state index < -0.39 is 12.0 Å². The first kappa shape index (κ1) is 23.0. The molecule has 0 aliphatic rings. The molecule has 0 heterocycles. The van der Waals surface area contributed by atoms with Gasteiger partial charge in [-0.25, -0.2) is 0 Å². The molecule has 0 radical (unpaired) electrons. The van der Waals surface area contributed by atoms with Crippen LogP contribution in [0.15, 0.2) is 0 Å². The van der Waals surface area contributed by atoms with E-state index in [0.29, 0.717) is 0 Å². The molecule has 0 unspecified atom stereocenters. The van der Waals surface area contributed by atoms with Gasteiger partial charge < -0.3 is 16.4 Å². The van der Waals surface area contributed by atoms with E-state index in [1.165, 1.54) is 0 Å². The molecule has 50 valence electrons. The van der Waals surface area contributed by atoms with Gasteiger partial charge in [0.05, 0.1) is 0 Å². The Morgan fingerprint density at radius 1 is 0.714 bits per heavy atom. The zero-order valence-electron chi connectivity index (χ0n) is 3.08. The summed E-state index contributed by atoms with van der Waals surface area (Å²) in [5, 5.41) is 0. The summed E-state index contributed by atoms with van der Waals surface area (Å²) in [6.45, 7) is 0. The Hall–Kier alpha value is 2.06. The van der Waals surface area contributed by atoms with Crippen LogP contribution in [0.25, 0.3) is 0 Å². The maximum atomic E-state index is 3.29. The van der Waals surface area contributed by atoms with Crippen molar-refractivity contribution in [3.05, 3.63) is 0 Å². The minimum atomic E-state index is -1.01. The summed E-state index contributed by atoms with van der Waals surface area (Å²) in [4.78, 5) is 0. The molecule has 0 aromatic heterocycles. The van der Waals surface area contributed by atoms with Crippen LogP contribution in [0.3, 0.4) is 0 Å². The van der Waals surface area contributed by atoms with Gasteiger partial charge in [-0.15, -0.1) is 0 Å². The van der Waals surface area contributed by atoms with Crippen LogP contribution in [-0.2, 0) is 12.0 Å². The van der Waals surface area contributed by atoms with E-state index in [0.717, 1.165) is 0 Å². The van der Waals surface area contributed by atoms with Crippen LogP contribution >= 0.6 is 39.1 Å². The van der Waals surface area contributed by atoms with Gasteiger partial charge in [-0.1, -0.05) is 0 Å². The van der Waals surface area contributed by atoms with E-state index in [1.54, 1.807) is 0 Å². The zero-order valence-corrected chi connectivity index (χ0v) is 10.0. The Morgan fingerprint density at radius 3 is 0.714 bits per heavy atom. The fourth-order valence-electron chi connectivity index (χ4n) is 0. The molecule has 0 aromatic carbocycles. The second-order valence-corrected chi connectivity index (χ2v) is 30.6. The van der Waals surface area contributed by atoms with Gasteiger partial charge in [0.25, 0.3) is 0 Å². The summed E-state index contributed by atoms with van der Waals surface area (Å²) in [7, 11) is 0. The quantitative estimate of drug-likeness (QED) is 0.527. The first-order chi connectivity index (χ1) is 1.73. The first-order valence-corrected chi connectivity index (χ1v) is 15.6. The standard InChI is InChI=1S/3BrH.Nb.3H2O/h3*1H;;3*1H2/q;;;+3;;;/p-3. The van der Waals surface area contributed by atoms with Gasteiger partial charge >= 0.3 is 51.1 Å². The molecule has 0 amide bonds. The van der Waals surface area contributed by atoms with Crippen molar-refractivity contribution in [2.45, 2.75) is 0 Å². The summed E-state index contributed by atoms with van der Waals surface area (Å²) in [5.41, 5.74) is 0. The number of hydrogen-bond acceptors (Lipinski definition) is 0. The number of halogens is 3. The molecule has 7 heavy (non-hydrogen) atoms. The van der Waals surface area contributed by atoms with Crippen LogP contribution in [0.2, 0.25) is 0 Å². The molecule has 0 atom stereocenters. The second-order valence-electron chi connectivity index (χ2n) is 0.192. The summed E-state index contributed by atoms with van der Waals surface area (Å²) >= 11 is 8.85. The van der Waals surface area contributed by atoms with Crippen molar-refractivity contribution >= 4 is 39.1 Å². The van der Waals surface area contributed by atoms with Gasteiger partial charge in [-0.05, 0) is 0 Å². The Labute approximate surface area is 66.8 Å². The first-order valence-electron chi connectivity index (χ1n) is 0.507. The molecule has 0 rings (SSSR count). The SMILES string of the molecule is O.O.O.[Br][Nb]([Br])[Br]. The van der Waals surface area contributed by atoms with Gasteiger partial charge in [0, 0.05) is 0 Å². The van der Waals surface area contributed by atoms with Crippen molar-refractivity contribution in [1.29, 1.82) is 0 Å². The van der Waals surface area contributed by atoms with E-state index in [9.17, 15) is 0 Å². The monoisotopic (exact) mass is 384 g/mol. The van der Waals surface area contributed by atoms with Crippen LogP contribution < -0.4 is 0 Å². The van der Waals surface area contributed by atoms with Crippen molar-refractivity contribution in [3.8, 4) is 0 Å². The predicted molar refractivity (Wildman–Crippen MR) is 37.6 cm³/mol. The summed E-state index contributed by atoms with van der Waals surface area (Å²) < 4.78 is 0. The number of rotatable bonds is 0. The third kappa shape index (κ3) is 69.7. The third-order valence-electron chi connectivity index (χ3n) is 0. The van der Waals surface area contributed by atoms with Gasteiger partial charge in [-0.3, -0.25) is 0 Å². The minimum absolute atomic E-state index is 0. The summed E-state index contributed by atoms with van der Waals surface area (Å²) in [6, 6.07) is 0. The van der Waals surface area contributed by atoms with Crippen LogP contribution in [0.4, 0.5) is 0 Å². The zero-order chi connectivity index (χ0) is 3.58. The molecule has 7 heteroatoms. The molecule has 6 N–H and O–H groups in total. The van der Waals surface area contributed by atoms with Crippen molar-refractivity contribution in [2.75, 3.05) is 0 Å². The normalized spacial score (nSPS) is 5.14. The molecule has 0 aliphatic carbocycles. The fraction of sp³-hybridized carbons (Fsp3) is 0. The Balaban J connectivity index is -0.0000000150. The predicted octanol–water partition coefficient (Wildman–Crippen LogP) is 0.0602. The van der Waals surface area contributed by atoms with Gasteiger partial charge in [-0.2, -0.15) is 0 Å². The topological polar surface area (TPSA) is 94.5 Å². The van der Waals surface area contributed by atoms with Gasteiger partial charge in [0.15, 0.2) is 0 Å². The van der Waals surface area contributed by atoms with E-state index in [1.807, 2.05) is 0 Å². The van der Waals surface area contributed by atoms with Gasteiger partial charge in [0.1, 0.15) is 0 Å². The van der Waals surface area contributed by atoms with Crippen molar-refractivity contribution < 1.29 is 28.5 Å². The van der Waals surface area contributed by atoms with E-state index in [4.69, 9.17) is 0 Å². The Bertz CT molecular complexity index is 14.9. The summed E-state index contributed by atoms with van der Waals surface area (Å²) in [5.74, 6) is 0. The fourth-order valence-corrected chi connectivity index (χ4v) is 0. The maximum absolute atomic E-state index is 3.29. The average molecular weight is 387 g/mol. The molecule has 0 bridgehead atoms. The van der Waals surface area contributed by atoms with E-state index in [2.05, 4.69) is 39.1 Å². The van der Waals surface area contributed by atoms with E-state index in [-0.39, 0.29) is 16.4 Å². The molecule has 0 aromatic rings. The van der Waals surface area contributed by atoms with Gasteiger partial charge in [0.2, 0.25) is 0 Å². The average Bonchev–Trinajstić information content (AvgIpc) is 0.811. The Kier molecular flexibility index (Phi) is 51.5. The van der Waals surface area contributed by atoms with Crippen LogP contribution in [0, 0.1) is 0 Å². The number of hydrogen-bond donors (Lipinski definition) is 0. The van der Waals surface area contributed by atoms with Crippen LogP contribution in [0.5, 0.6) is 0 Å². The molecule has 0 spiro atoms. The molecular formula is H6Br3NbO3. The molecule has 0 aliphatic heterocycles. The Morgan fingerprint density at radius 2 is 0.714 bits per heavy atom. The van der Waals surface area contributed by atoms with Crippen LogP contribution in [-0.4, -0.2) is 16.4 Å². The molecule has 3 nitrogen and oxygen atoms in total. The van der Waals surface area contributed by atoms with Crippen molar-refractivity contribution in [3.63, 3.8) is 0 Å². The van der Waals surface area contributed by atoms with Crippen molar-refractivity contribution in [1.82, 2.24) is 0 Å². The van der Waals surface area contributed by atoms with Crippen LogP contribution in [0.1, 0.15) is 0 Å². The second kappa shape index (κ2) is 15.7. The summed E-state index contributed by atoms with van der Waals surface area (Å²) in [6.07, 6.45) is 0. The molecular weight excluding hydrogens is 381 g/mol. The molecule has 0 saturated heterocycles. The van der Waals surface area contributed by atoms with Crippen molar-refractivity contribution in [2.24, 2.45) is 0 Å². The third-order valence-corrected chi connectivity index (χ3v) is 0. The molecule has 0 saturated carbocycles. The van der Waals surface area contributed by atoms with E-state index >= 15 is 0 Å².